The van der Waals surface area contributed by atoms with Crippen molar-refractivity contribution in [3.8, 4) is 5.75 Å². The third-order valence-electron chi connectivity index (χ3n) is 2.20. The standard InChI is InChI=1S/C12H13ClO4/c1-4-17-12(15)10(14)8-6-5-7(2)9(13)11(8)16-3/h5-6H,4H2,1-3H3. The van der Waals surface area contributed by atoms with Crippen molar-refractivity contribution in [3.05, 3.63) is 28.3 Å². The number of rotatable bonds is 4. The SMILES string of the molecule is CCOC(=O)C(=O)c1ccc(C)c(Cl)c1OC. The molecule has 0 fully saturated rings. The van der Waals surface area contributed by atoms with Crippen LogP contribution in [0.5, 0.6) is 5.75 Å². The van der Waals surface area contributed by atoms with E-state index in [-0.39, 0.29) is 17.9 Å². The van der Waals surface area contributed by atoms with E-state index in [9.17, 15) is 9.59 Å². The number of methoxy groups -OCH3 is 1. The summed E-state index contributed by atoms with van der Waals surface area (Å²) in [6.45, 7) is 3.56. The summed E-state index contributed by atoms with van der Waals surface area (Å²) in [6.07, 6.45) is 0. The number of esters is 1. The van der Waals surface area contributed by atoms with Gasteiger partial charge in [-0.2, -0.15) is 0 Å². The number of Topliss-reactive ketones (excluding diaryl/α,β-unsaturated/α-hetero) is 1. The van der Waals surface area contributed by atoms with Gasteiger partial charge in [0.15, 0.2) is 0 Å². The van der Waals surface area contributed by atoms with Gasteiger partial charge >= 0.3 is 5.97 Å². The fourth-order valence-electron chi connectivity index (χ4n) is 1.34. The van der Waals surface area contributed by atoms with Gasteiger partial charge in [0.1, 0.15) is 5.75 Å². The van der Waals surface area contributed by atoms with Crippen LogP contribution >= 0.6 is 11.6 Å². The molecule has 0 unspecified atom stereocenters. The maximum Gasteiger partial charge on any atom is 0.379 e. The fraction of sp³-hybridized carbons (Fsp3) is 0.333. The van der Waals surface area contributed by atoms with Gasteiger partial charge in [0.25, 0.3) is 5.78 Å². The highest BCUT2D eigenvalue weighted by Gasteiger charge is 2.23. The molecule has 0 amide bonds. The van der Waals surface area contributed by atoms with Gasteiger partial charge in [-0.25, -0.2) is 4.79 Å². The highest BCUT2D eigenvalue weighted by atomic mass is 35.5. The van der Waals surface area contributed by atoms with Crippen LogP contribution in [0.1, 0.15) is 22.8 Å². The predicted molar refractivity (Wildman–Crippen MR) is 63.7 cm³/mol. The van der Waals surface area contributed by atoms with Gasteiger partial charge in [-0.3, -0.25) is 4.79 Å². The average molecular weight is 257 g/mol. The molecule has 0 aliphatic heterocycles. The summed E-state index contributed by atoms with van der Waals surface area (Å²) in [5.74, 6) is -1.47. The molecule has 1 rings (SSSR count). The lowest BCUT2D eigenvalue weighted by atomic mass is 10.1. The zero-order chi connectivity index (χ0) is 13.0. The average Bonchev–Trinajstić information content (AvgIpc) is 2.31. The summed E-state index contributed by atoms with van der Waals surface area (Å²) in [5, 5.41) is 0.322. The largest absolute Gasteiger partial charge is 0.494 e. The Balaban J connectivity index is 3.18. The minimum atomic E-state index is -0.911. The van der Waals surface area contributed by atoms with Crippen LogP contribution in [-0.2, 0) is 9.53 Å². The summed E-state index contributed by atoms with van der Waals surface area (Å²) in [4.78, 5) is 23.1. The van der Waals surface area contributed by atoms with Gasteiger partial charge in [-0.1, -0.05) is 17.7 Å². The molecule has 0 heterocycles. The normalized spacial score (nSPS) is 9.88. The molecule has 0 saturated heterocycles. The zero-order valence-electron chi connectivity index (χ0n) is 9.87. The second-order valence-electron chi connectivity index (χ2n) is 3.33. The highest BCUT2D eigenvalue weighted by Crippen LogP contribution is 2.32. The number of ether oxygens (including phenoxy) is 2. The Morgan fingerprint density at radius 1 is 1.35 bits per heavy atom. The van der Waals surface area contributed by atoms with Gasteiger partial charge in [-0.05, 0) is 25.5 Å². The third kappa shape index (κ3) is 2.77. The first kappa shape index (κ1) is 13.5. The van der Waals surface area contributed by atoms with Crippen LogP contribution in [0.15, 0.2) is 12.1 Å². The number of hydrogen-bond acceptors (Lipinski definition) is 4. The Labute approximate surface area is 104 Å². The zero-order valence-corrected chi connectivity index (χ0v) is 10.6. The van der Waals surface area contributed by atoms with Gasteiger partial charge in [-0.15, -0.1) is 0 Å². The molecule has 17 heavy (non-hydrogen) atoms. The predicted octanol–water partition coefficient (Wildman–Crippen LogP) is 2.40. The summed E-state index contributed by atoms with van der Waals surface area (Å²) < 4.78 is 9.69. The summed E-state index contributed by atoms with van der Waals surface area (Å²) >= 11 is 5.99. The molecule has 0 atom stereocenters. The van der Waals surface area contributed by atoms with Gasteiger partial charge < -0.3 is 9.47 Å². The first-order chi connectivity index (χ1) is 8.02. The number of aryl methyl sites for hydroxylation is 1. The van der Waals surface area contributed by atoms with E-state index in [1.54, 1.807) is 19.9 Å². The third-order valence-corrected chi connectivity index (χ3v) is 2.67. The quantitative estimate of drug-likeness (QED) is 0.472. The summed E-state index contributed by atoms with van der Waals surface area (Å²) in [6, 6.07) is 3.15. The smallest absolute Gasteiger partial charge is 0.379 e. The van der Waals surface area contributed by atoms with E-state index in [0.29, 0.717) is 5.02 Å². The minimum Gasteiger partial charge on any atom is -0.494 e. The molecule has 0 N–H and O–H groups in total. The molecule has 0 bridgehead atoms. The number of ketones is 1. The molecule has 0 saturated carbocycles. The molecule has 1 aromatic carbocycles. The van der Waals surface area contributed by atoms with E-state index in [1.807, 2.05) is 0 Å². The van der Waals surface area contributed by atoms with E-state index in [0.717, 1.165) is 5.56 Å². The molecule has 1 aromatic rings. The van der Waals surface area contributed by atoms with Crippen LogP contribution in [0.25, 0.3) is 0 Å². The van der Waals surface area contributed by atoms with Crippen molar-refractivity contribution in [2.75, 3.05) is 13.7 Å². The van der Waals surface area contributed by atoms with Crippen molar-refractivity contribution in [2.45, 2.75) is 13.8 Å². The first-order valence-electron chi connectivity index (χ1n) is 5.07. The molecular formula is C12H13ClO4. The molecular weight excluding hydrogens is 244 g/mol. The maximum atomic E-state index is 11.8. The van der Waals surface area contributed by atoms with Crippen LogP contribution in [0.2, 0.25) is 5.02 Å². The van der Waals surface area contributed by atoms with E-state index in [1.165, 1.54) is 13.2 Å². The van der Waals surface area contributed by atoms with Crippen LogP contribution in [0, 0.1) is 6.92 Å². The van der Waals surface area contributed by atoms with Crippen molar-refractivity contribution in [1.29, 1.82) is 0 Å². The second kappa shape index (κ2) is 5.68. The van der Waals surface area contributed by atoms with E-state index >= 15 is 0 Å². The number of carbonyl (C=O) groups excluding carboxylic acids is 2. The molecule has 0 aliphatic rings. The minimum absolute atomic E-state index is 0.113. The van der Waals surface area contributed by atoms with E-state index in [2.05, 4.69) is 4.74 Å². The Kier molecular flexibility index (Phi) is 4.52. The molecule has 4 nitrogen and oxygen atoms in total. The number of hydrogen-bond donors (Lipinski definition) is 0. The Morgan fingerprint density at radius 3 is 2.53 bits per heavy atom. The van der Waals surface area contributed by atoms with Crippen molar-refractivity contribution in [3.63, 3.8) is 0 Å². The van der Waals surface area contributed by atoms with Gasteiger partial charge in [0, 0.05) is 0 Å². The van der Waals surface area contributed by atoms with Crippen LogP contribution in [0.3, 0.4) is 0 Å². The maximum absolute atomic E-state index is 11.8. The summed E-state index contributed by atoms with van der Waals surface area (Å²) in [7, 11) is 1.39. The second-order valence-corrected chi connectivity index (χ2v) is 3.70. The molecule has 92 valence electrons. The van der Waals surface area contributed by atoms with Gasteiger partial charge in [0.2, 0.25) is 0 Å². The lowest BCUT2D eigenvalue weighted by molar-refractivity contribution is -0.137. The fourth-order valence-corrected chi connectivity index (χ4v) is 1.58. The van der Waals surface area contributed by atoms with Crippen LogP contribution in [-0.4, -0.2) is 25.5 Å². The van der Waals surface area contributed by atoms with Crippen molar-refractivity contribution in [2.24, 2.45) is 0 Å². The lowest BCUT2D eigenvalue weighted by Gasteiger charge is -2.10. The van der Waals surface area contributed by atoms with E-state index < -0.39 is 11.8 Å². The number of carbonyl (C=O) groups is 2. The monoisotopic (exact) mass is 256 g/mol. The van der Waals surface area contributed by atoms with Crippen molar-refractivity contribution >= 4 is 23.4 Å². The first-order valence-corrected chi connectivity index (χ1v) is 5.45. The number of benzene rings is 1. The van der Waals surface area contributed by atoms with Crippen LogP contribution < -0.4 is 4.74 Å². The number of halogens is 1. The molecule has 5 heteroatoms. The Bertz CT molecular complexity index is 454. The molecule has 0 radical (unpaired) electrons. The molecule has 0 spiro atoms. The van der Waals surface area contributed by atoms with E-state index in [4.69, 9.17) is 16.3 Å². The summed E-state index contributed by atoms with van der Waals surface area (Å²) in [5.41, 5.74) is 0.880. The lowest BCUT2D eigenvalue weighted by Crippen LogP contribution is -2.18. The van der Waals surface area contributed by atoms with Crippen LogP contribution in [0.4, 0.5) is 0 Å². The van der Waals surface area contributed by atoms with Gasteiger partial charge in [0.05, 0.1) is 24.3 Å². The van der Waals surface area contributed by atoms with Crippen molar-refractivity contribution in [1.82, 2.24) is 0 Å². The highest BCUT2D eigenvalue weighted by molar-refractivity contribution is 6.42. The molecule has 0 aromatic heterocycles. The Hall–Kier alpha value is -1.55. The molecule has 0 aliphatic carbocycles. The van der Waals surface area contributed by atoms with Crippen molar-refractivity contribution < 1.29 is 19.1 Å². The Morgan fingerprint density at radius 2 is 2.00 bits per heavy atom. The topological polar surface area (TPSA) is 52.6 Å².